The van der Waals surface area contributed by atoms with Crippen molar-refractivity contribution in [3.05, 3.63) is 88.9 Å². The van der Waals surface area contributed by atoms with Gasteiger partial charge in [-0.1, -0.05) is 55.8 Å². The smallest absolute Gasteiger partial charge is 0.416 e. The zero-order valence-electron chi connectivity index (χ0n) is 18.8. The van der Waals surface area contributed by atoms with Crippen molar-refractivity contribution in [2.45, 2.75) is 31.5 Å². The van der Waals surface area contributed by atoms with Crippen LogP contribution < -0.4 is 10.1 Å². The molecule has 0 saturated carbocycles. The molecule has 0 spiro atoms. The van der Waals surface area contributed by atoms with Crippen LogP contribution >= 0.6 is 11.6 Å². The molecule has 0 aliphatic carbocycles. The second-order valence-electron chi connectivity index (χ2n) is 8.20. The van der Waals surface area contributed by atoms with Crippen molar-refractivity contribution in [2.75, 3.05) is 5.32 Å². The number of carbonyl (C=O) groups is 1. The average molecular weight is 503 g/mol. The Kier molecular flexibility index (Phi) is 7.61. The predicted octanol–water partition coefficient (Wildman–Crippen LogP) is 7.35. The topological polar surface area (TPSA) is 82.4 Å². The van der Waals surface area contributed by atoms with Crippen LogP contribution in [-0.4, -0.2) is 16.6 Å². The molecule has 0 aliphatic rings. The van der Waals surface area contributed by atoms with Gasteiger partial charge < -0.3 is 15.2 Å². The Hall–Kier alpha value is -3.70. The van der Waals surface area contributed by atoms with E-state index in [1.807, 2.05) is 6.07 Å². The van der Waals surface area contributed by atoms with Gasteiger partial charge in [0.25, 0.3) is 0 Å². The Morgan fingerprint density at radius 1 is 1.03 bits per heavy atom. The van der Waals surface area contributed by atoms with E-state index >= 15 is 0 Å². The lowest BCUT2D eigenvalue weighted by molar-refractivity contribution is -0.144. The molecule has 0 fully saturated rings. The molecule has 0 aromatic heterocycles. The molecular weight excluding hydrogens is 481 g/mol. The number of benzene rings is 3. The summed E-state index contributed by atoms with van der Waals surface area (Å²) in [4.78, 5) is 12.7. The van der Waals surface area contributed by atoms with Gasteiger partial charge in [-0.3, -0.25) is 0 Å². The number of nitrogens with one attached hydrogen (secondary N) is 1. The highest BCUT2D eigenvalue weighted by atomic mass is 35.5. The van der Waals surface area contributed by atoms with Crippen LogP contribution in [0.5, 0.6) is 11.5 Å². The molecule has 0 saturated heterocycles. The molecule has 0 aliphatic heterocycles. The average Bonchev–Trinajstić information content (AvgIpc) is 2.79. The maximum atomic E-state index is 13.1. The molecule has 0 amide bonds. The number of aliphatic carboxylic acids is 1. The Labute approximate surface area is 205 Å². The highest BCUT2D eigenvalue weighted by molar-refractivity contribution is 6.33. The first-order valence-electron chi connectivity index (χ1n) is 10.6. The van der Waals surface area contributed by atoms with Gasteiger partial charge in [-0.2, -0.15) is 18.4 Å². The van der Waals surface area contributed by atoms with Crippen LogP contribution in [0, 0.1) is 17.2 Å². The number of hydrogen-bond acceptors (Lipinski definition) is 4. The van der Waals surface area contributed by atoms with E-state index in [4.69, 9.17) is 16.3 Å². The molecule has 0 bridgehead atoms. The fourth-order valence-corrected chi connectivity index (χ4v) is 4.04. The first kappa shape index (κ1) is 25.9. The van der Waals surface area contributed by atoms with Crippen molar-refractivity contribution in [3.63, 3.8) is 0 Å². The third kappa shape index (κ3) is 5.52. The van der Waals surface area contributed by atoms with Crippen molar-refractivity contribution < 1.29 is 27.8 Å². The number of halogens is 4. The van der Waals surface area contributed by atoms with Gasteiger partial charge in [0.15, 0.2) is 5.54 Å². The number of carboxylic acids is 1. The Morgan fingerprint density at radius 3 is 2.23 bits per heavy atom. The maximum absolute atomic E-state index is 13.1. The summed E-state index contributed by atoms with van der Waals surface area (Å²) in [6.45, 7) is 3.21. The van der Waals surface area contributed by atoms with Gasteiger partial charge in [-0.05, 0) is 53.9 Å². The van der Waals surface area contributed by atoms with E-state index in [-0.39, 0.29) is 10.7 Å². The van der Waals surface area contributed by atoms with E-state index in [1.165, 1.54) is 0 Å². The summed E-state index contributed by atoms with van der Waals surface area (Å²) in [5, 5.41) is 22.9. The van der Waals surface area contributed by atoms with E-state index in [1.54, 1.807) is 62.4 Å². The van der Waals surface area contributed by atoms with Gasteiger partial charge in [-0.25, -0.2) is 4.79 Å². The van der Waals surface area contributed by atoms with Gasteiger partial charge in [0, 0.05) is 0 Å². The molecular formula is C26H22ClF3N2O3. The van der Waals surface area contributed by atoms with Gasteiger partial charge in [0.1, 0.15) is 17.4 Å². The second kappa shape index (κ2) is 10.3. The lowest BCUT2D eigenvalue weighted by Gasteiger charge is -2.39. The van der Waals surface area contributed by atoms with Crippen LogP contribution in [0.25, 0.3) is 0 Å². The highest BCUT2D eigenvalue weighted by Gasteiger charge is 2.50. The minimum absolute atomic E-state index is 0.0345. The van der Waals surface area contributed by atoms with E-state index < -0.39 is 35.1 Å². The Morgan fingerprint density at radius 2 is 1.69 bits per heavy atom. The number of alkyl halides is 3. The molecule has 2 N–H and O–H groups in total. The molecule has 9 heteroatoms. The quantitative estimate of drug-likeness (QED) is 0.336. The summed E-state index contributed by atoms with van der Waals surface area (Å²) in [6, 6.07) is 20.0. The maximum Gasteiger partial charge on any atom is 0.416 e. The lowest BCUT2D eigenvalue weighted by atomic mass is 9.72. The summed E-state index contributed by atoms with van der Waals surface area (Å²) in [5.74, 6) is -2.34. The zero-order chi connectivity index (χ0) is 25.8. The standard InChI is InChI=1S/C26H22ClF3N2O3/c1-16(2)25(24(33)34,32-23-12-11-18(14-22(23)27)26(28,29)30)21(15-31)17-7-6-10-20(13-17)35-19-8-4-3-5-9-19/h3-14,16,21,32H,1-2H3,(H,33,34)/t21?,25-/m1/s1. The third-order valence-electron chi connectivity index (χ3n) is 5.66. The van der Waals surface area contributed by atoms with Gasteiger partial charge in [0.05, 0.1) is 22.3 Å². The minimum Gasteiger partial charge on any atom is -0.479 e. The van der Waals surface area contributed by atoms with Crippen LogP contribution in [0.2, 0.25) is 5.02 Å². The van der Waals surface area contributed by atoms with Crippen molar-refractivity contribution in [1.29, 1.82) is 5.26 Å². The number of rotatable bonds is 8. The Balaban J connectivity index is 2.06. The monoisotopic (exact) mass is 502 g/mol. The van der Waals surface area contributed by atoms with Gasteiger partial charge >= 0.3 is 12.1 Å². The molecule has 3 rings (SSSR count). The van der Waals surface area contributed by atoms with Crippen molar-refractivity contribution in [2.24, 2.45) is 5.92 Å². The van der Waals surface area contributed by atoms with Crippen molar-refractivity contribution in [1.82, 2.24) is 0 Å². The third-order valence-corrected chi connectivity index (χ3v) is 5.97. The summed E-state index contributed by atoms with van der Waals surface area (Å²) < 4.78 is 45.0. The second-order valence-corrected chi connectivity index (χ2v) is 8.60. The van der Waals surface area contributed by atoms with Crippen molar-refractivity contribution in [3.8, 4) is 17.6 Å². The molecule has 182 valence electrons. The van der Waals surface area contributed by atoms with Crippen LogP contribution in [0.3, 0.4) is 0 Å². The number of nitriles is 1. The Bertz CT molecular complexity index is 1240. The summed E-state index contributed by atoms with van der Waals surface area (Å²) in [7, 11) is 0. The molecule has 3 aromatic rings. The normalized spacial score (nSPS) is 14.0. The zero-order valence-corrected chi connectivity index (χ0v) is 19.6. The summed E-state index contributed by atoms with van der Waals surface area (Å²) >= 11 is 6.10. The highest BCUT2D eigenvalue weighted by Crippen LogP contribution is 2.41. The summed E-state index contributed by atoms with van der Waals surface area (Å²) in [5.41, 5.74) is -2.58. The molecule has 0 radical (unpaired) electrons. The van der Waals surface area contributed by atoms with Gasteiger partial charge in [-0.15, -0.1) is 0 Å². The number of ether oxygens (including phenoxy) is 1. The molecule has 35 heavy (non-hydrogen) atoms. The predicted molar refractivity (Wildman–Crippen MR) is 127 cm³/mol. The SMILES string of the molecule is CC(C)[C@](Nc1ccc(C(F)(F)F)cc1Cl)(C(=O)O)C(C#N)c1cccc(Oc2ccccc2)c1. The van der Waals surface area contributed by atoms with E-state index in [9.17, 15) is 28.3 Å². The van der Waals surface area contributed by atoms with E-state index in [0.717, 1.165) is 12.1 Å². The van der Waals surface area contributed by atoms with Crippen LogP contribution in [0.1, 0.15) is 30.9 Å². The van der Waals surface area contributed by atoms with Gasteiger partial charge in [0.2, 0.25) is 0 Å². The number of carboxylic acid groups (broad SMARTS) is 1. The van der Waals surface area contributed by atoms with E-state index in [0.29, 0.717) is 23.1 Å². The number of anilines is 1. The number of nitrogens with zero attached hydrogens (tertiary/aromatic N) is 1. The van der Waals surface area contributed by atoms with E-state index in [2.05, 4.69) is 11.4 Å². The fourth-order valence-electron chi connectivity index (χ4n) is 3.81. The molecule has 3 aromatic carbocycles. The summed E-state index contributed by atoms with van der Waals surface area (Å²) in [6.07, 6.45) is -4.61. The number of para-hydroxylation sites is 1. The molecule has 1 unspecified atom stereocenters. The largest absolute Gasteiger partial charge is 0.479 e. The number of hydrogen-bond donors (Lipinski definition) is 2. The van der Waals surface area contributed by atoms with Crippen LogP contribution in [0.4, 0.5) is 18.9 Å². The lowest BCUT2D eigenvalue weighted by Crippen LogP contribution is -2.55. The first-order chi connectivity index (χ1) is 16.5. The van der Waals surface area contributed by atoms with Crippen LogP contribution in [-0.2, 0) is 11.0 Å². The fraction of sp³-hybridized carbons (Fsp3) is 0.231. The van der Waals surface area contributed by atoms with Crippen LogP contribution in [0.15, 0.2) is 72.8 Å². The molecule has 0 heterocycles. The minimum atomic E-state index is -4.61. The first-order valence-corrected chi connectivity index (χ1v) is 11.0. The molecule has 2 atom stereocenters. The van der Waals surface area contributed by atoms with Crippen molar-refractivity contribution >= 4 is 23.3 Å². The molecule has 5 nitrogen and oxygen atoms in total.